The van der Waals surface area contributed by atoms with Crippen molar-refractivity contribution in [3.8, 4) is 0 Å². The Bertz CT molecular complexity index is 234. The topological polar surface area (TPSA) is 47.6 Å². The molecule has 0 amide bonds. The molecule has 88 valence electrons. The van der Waals surface area contributed by atoms with Crippen LogP contribution in [0.15, 0.2) is 11.6 Å². The zero-order chi connectivity index (χ0) is 11.9. The molecule has 4 nitrogen and oxygen atoms in total. The third kappa shape index (κ3) is 6.25. The van der Waals surface area contributed by atoms with Gasteiger partial charge in [-0.25, -0.2) is 4.79 Å². The minimum absolute atomic E-state index is 0.0956. The van der Waals surface area contributed by atoms with E-state index in [1.165, 1.54) is 7.11 Å². The van der Waals surface area contributed by atoms with Gasteiger partial charge in [-0.3, -0.25) is 0 Å². The Morgan fingerprint density at radius 1 is 1.40 bits per heavy atom. The van der Waals surface area contributed by atoms with Crippen LogP contribution < -0.4 is 5.32 Å². The number of carbonyl (C=O) groups is 1. The summed E-state index contributed by atoms with van der Waals surface area (Å²) in [6, 6.07) is 0. The van der Waals surface area contributed by atoms with Crippen molar-refractivity contribution in [3.05, 3.63) is 11.6 Å². The molecule has 0 spiro atoms. The number of hydrogen-bond acceptors (Lipinski definition) is 4. The van der Waals surface area contributed by atoms with E-state index in [4.69, 9.17) is 4.74 Å². The van der Waals surface area contributed by atoms with Crippen molar-refractivity contribution in [2.24, 2.45) is 0 Å². The van der Waals surface area contributed by atoms with Crippen LogP contribution in [0.1, 0.15) is 20.8 Å². The van der Waals surface area contributed by atoms with Gasteiger partial charge in [0.05, 0.1) is 13.7 Å². The number of hydrogen-bond donors (Lipinski definition) is 1. The average Bonchev–Trinajstić information content (AvgIpc) is 2.15. The van der Waals surface area contributed by atoms with E-state index in [2.05, 4.69) is 10.1 Å². The van der Waals surface area contributed by atoms with Gasteiger partial charge in [0.2, 0.25) is 0 Å². The smallest absolute Gasteiger partial charge is 0.333 e. The summed E-state index contributed by atoms with van der Waals surface area (Å²) in [7, 11) is 3.04. The van der Waals surface area contributed by atoms with Crippen LogP contribution in [0.4, 0.5) is 0 Å². The Morgan fingerprint density at radius 2 is 2.00 bits per heavy atom. The maximum Gasteiger partial charge on any atom is 0.333 e. The van der Waals surface area contributed by atoms with Crippen molar-refractivity contribution in [1.29, 1.82) is 0 Å². The first-order valence-corrected chi connectivity index (χ1v) is 4.92. The lowest BCUT2D eigenvalue weighted by Crippen LogP contribution is -2.43. The molecule has 0 saturated carbocycles. The van der Waals surface area contributed by atoms with Gasteiger partial charge < -0.3 is 14.8 Å². The van der Waals surface area contributed by atoms with E-state index in [1.807, 2.05) is 19.9 Å². The van der Waals surface area contributed by atoms with Gasteiger partial charge >= 0.3 is 5.97 Å². The second-order valence-electron chi connectivity index (χ2n) is 4.08. The highest BCUT2D eigenvalue weighted by molar-refractivity contribution is 5.87. The Kier molecular flexibility index (Phi) is 6.20. The Balaban J connectivity index is 4.01. The van der Waals surface area contributed by atoms with Crippen molar-refractivity contribution < 1.29 is 14.3 Å². The van der Waals surface area contributed by atoms with Gasteiger partial charge in [-0.05, 0) is 20.8 Å². The van der Waals surface area contributed by atoms with Crippen LogP contribution in [-0.2, 0) is 14.3 Å². The fourth-order valence-electron chi connectivity index (χ4n) is 1.14. The minimum Gasteiger partial charge on any atom is -0.466 e. The molecular formula is C11H21NO3. The number of ether oxygens (including phenoxy) is 2. The Morgan fingerprint density at radius 3 is 2.47 bits per heavy atom. The van der Waals surface area contributed by atoms with E-state index in [1.54, 1.807) is 14.0 Å². The van der Waals surface area contributed by atoms with Crippen LogP contribution in [0.3, 0.4) is 0 Å². The van der Waals surface area contributed by atoms with E-state index < -0.39 is 0 Å². The van der Waals surface area contributed by atoms with Crippen LogP contribution in [0.25, 0.3) is 0 Å². The van der Waals surface area contributed by atoms with Crippen LogP contribution >= 0.6 is 0 Å². The monoisotopic (exact) mass is 215 g/mol. The molecular weight excluding hydrogens is 194 g/mol. The summed E-state index contributed by atoms with van der Waals surface area (Å²) < 4.78 is 9.64. The van der Waals surface area contributed by atoms with Gasteiger partial charge in [0.1, 0.15) is 0 Å². The molecule has 0 aliphatic heterocycles. The molecule has 15 heavy (non-hydrogen) atoms. The third-order valence-electron chi connectivity index (χ3n) is 2.00. The standard InChI is InChI=1S/C11H21NO3/c1-9(10(13)15-5)6-7-12-11(2,3)8-14-4/h6,12H,7-8H2,1-5H3/b9-6-. The molecule has 0 atom stereocenters. The zero-order valence-electron chi connectivity index (χ0n) is 10.2. The predicted octanol–water partition coefficient (Wildman–Crippen LogP) is 1.12. The van der Waals surface area contributed by atoms with E-state index >= 15 is 0 Å². The fourth-order valence-corrected chi connectivity index (χ4v) is 1.14. The lowest BCUT2D eigenvalue weighted by Gasteiger charge is -2.24. The summed E-state index contributed by atoms with van der Waals surface area (Å²) >= 11 is 0. The van der Waals surface area contributed by atoms with Crippen molar-refractivity contribution in [2.75, 3.05) is 27.4 Å². The lowest BCUT2D eigenvalue weighted by molar-refractivity contribution is -0.136. The Hall–Kier alpha value is -0.870. The molecule has 0 fully saturated rings. The maximum atomic E-state index is 11.1. The van der Waals surface area contributed by atoms with Crippen LogP contribution in [0.5, 0.6) is 0 Å². The lowest BCUT2D eigenvalue weighted by atomic mass is 10.1. The molecule has 0 bridgehead atoms. The first-order chi connectivity index (χ1) is 6.93. The third-order valence-corrected chi connectivity index (χ3v) is 2.00. The first-order valence-electron chi connectivity index (χ1n) is 4.92. The van der Waals surface area contributed by atoms with Crippen LogP contribution in [0, 0.1) is 0 Å². The van der Waals surface area contributed by atoms with E-state index in [0.717, 1.165) is 0 Å². The minimum atomic E-state index is -0.290. The van der Waals surface area contributed by atoms with Crippen LogP contribution in [-0.4, -0.2) is 38.9 Å². The molecule has 0 rings (SSSR count). The zero-order valence-corrected chi connectivity index (χ0v) is 10.2. The quantitative estimate of drug-likeness (QED) is 0.533. The molecule has 0 radical (unpaired) electrons. The van der Waals surface area contributed by atoms with Crippen molar-refractivity contribution in [3.63, 3.8) is 0 Å². The summed E-state index contributed by atoms with van der Waals surface area (Å²) in [4.78, 5) is 11.1. The molecule has 0 aromatic carbocycles. The van der Waals surface area contributed by atoms with E-state index in [9.17, 15) is 4.79 Å². The van der Waals surface area contributed by atoms with Gasteiger partial charge in [-0.2, -0.15) is 0 Å². The maximum absolute atomic E-state index is 11.1. The molecule has 0 aliphatic rings. The van der Waals surface area contributed by atoms with E-state index in [0.29, 0.717) is 18.7 Å². The van der Waals surface area contributed by atoms with Gasteiger partial charge in [0, 0.05) is 24.8 Å². The summed E-state index contributed by atoms with van der Waals surface area (Å²) in [6.07, 6.45) is 1.81. The molecule has 0 saturated heterocycles. The number of nitrogens with one attached hydrogen (secondary N) is 1. The predicted molar refractivity (Wildman–Crippen MR) is 59.7 cm³/mol. The van der Waals surface area contributed by atoms with E-state index in [-0.39, 0.29) is 11.5 Å². The van der Waals surface area contributed by atoms with Gasteiger partial charge in [0.15, 0.2) is 0 Å². The van der Waals surface area contributed by atoms with Crippen molar-refractivity contribution in [1.82, 2.24) is 5.32 Å². The summed E-state index contributed by atoms with van der Waals surface area (Å²) in [5.41, 5.74) is 0.514. The normalized spacial score (nSPS) is 12.7. The van der Waals surface area contributed by atoms with Gasteiger partial charge in [-0.15, -0.1) is 0 Å². The highest BCUT2D eigenvalue weighted by Crippen LogP contribution is 2.02. The SMILES string of the molecule is COCC(C)(C)NC/C=C(/C)C(=O)OC. The summed E-state index contributed by atoms with van der Waals surface area (Å²) in [6.45, 7) is 7.06. The second kappa shape index (κ2) is 6.58. The summed E-state index contributed by atoms with van der Waals surface area (Å²) in [5.74, 6) is -0.290. The number of rotatable bonds is 6. The molecule has 0 aromatic rings. The Labute approximate surface area is 91.6 Å². The molecule has 0 heterocycles. The molecule has 1 N–H and O–H groups in total. The second-order valence-corrected chi connectivity index (χ2v) is 4.08. The number of methoxy groups -OCH3 is 2. The number of esters is 1. The van der Waals surface area contributed by atoms with Crippen LogP contribution in [0.2, 0.25) is 0 Å². The fraction of sp³-hybridized carbons (Fsp3) is 0.727. The molecule has 0 aromatic heterocycles. The van der Waals surface area contributed by atoms with Crippen molar-refractivity contribution in [2.45, 2.75) is 26.3 Å². The first kappa shape index (κ1) is 14.1. The van der Waals surface area contributed by atoms with Gasteiger partial charge in [0.25, 0.3) is 0 Å². The molecule has 0 unspecified atom stereocenters. The number of carbonyl (C=O) groups excluding carboxylic acids is 1. The van der Waals surface area contributed by atoms with Gasteiger partial charge in [-0.1, -0.05) is 6.08 Å². The highest BCUT2D eigenvalue weighted by Gasteiger charge is 2.15. The highest BCUT2D eigenvalue weighted by atomic mass is 16.5. The largest absolute Gasteiger partial charge is 0.466 e. The average molecular weight is 215 g/mol. The molecule has 0 aliphatic carbocycles. The van der Waals surface area contributed by atoms with Crippen molar-refractivity contribution >= 4 is 5.97 Å². The summed E-state index contributed by atoms with van der Waals surface area (Å²) in [5, 5.41) is 3.26. The molecule has 4 heteroatoms.